The molecule has 0 saturated heterocycles. The van der Waals surface area contributed by atoms with Crippen LogP contribution in [-0.2, 0) is 12.8 Å². The normalized spacial score (nSPS) is 13.9. The second-order valence-electron chi connectivity index (χ2n) is 4.46. The SMILES string of the molecule is O=C(Nc1nc2c(s1)CCCC2)c1ccc[nH]c1=S. The summed E-state index contributed by atoms with van der Waals surface area (Å²) in [6.07, 6.45) is 6.21. The van der Waals surface area contributed by atoms with E-state index in [4.69, 9.17) is 12.2 Å². The Morgan fingerprint density at radius 2 is 2.26 bits per heavy atom. The lowest BCUT2D eigenvalue weighted by molar-refractivity contribution is 0.102. The van der Waals surface area contributed by atoms with Crippen molar-refractivity contribution in [3.63, 3.8) is 0 Å². The first-order valence-electron chi connectivity index (χ1n) is 6.21. The van der Waals surface area contributed by atoms with Crippen molar-refractivity contribution in [3.8, 4) is 0 Å². The summed E-state index contributed by atoms with van der Waals surface area (Å²) in [4.78, 5) is 20.8. The van der Waals surface area contributed by atoms with Crippen LogP contribution in [0.1, 0.15) is 33.8 Å². The lowest BCUT2D eigenvalue weighted by Gasteiger charge is -2.06. The maximum Gasteiger partial charge on any atom is 0.260 e. The summed E-state index contributed by atoms with van der Waals surface area (Å²) < 4.78 is 0.446. The van der Waals surface area contributed by atoms with E-state index in [2.05, 4.69) is 15.3 Å². The highest BCUT2D eigenvalue weighted by atomic mass is 32.1. The van der Waals surface area contributed by atoms with Crippen molar-refractivity contribution in [1.82, 2.24) is 9.97 Å². The number of hydrogen-bond donors (Lipinski definition) is 2. The van der Waals surface area contributed by atoms with Crippen molar-refractivity contribution in [3.05, 3.63) is 39.1 Å². The molecule has 0 fully saturated rings. The summed E-state index contributed by atoms with van der Waals surface area (Å²) in [5.74, 6) is -0.201. The van der Waals surface area contributed by atoms with Gasteiger partial charge in [-0.2, -0.15) is 0 Å². The second kappa shape index (κ2) is 5.22. The highest BCUT2D eigenvalue weighted by molar-refractivity contribution is 7.71. The molecular weight excluding hydrogens is 278 g/mol. The first-order chi connectivity index (χ1) is 9.24. The zero-order chi connectivity index (χ0) is 13.2. The van der Waals surface area contributed by atoms with Gasteiger partial charge in [0.25, 0.3) is 5.91 Å². The Morgan fingerprint density at radius 1 is 1.42 bits per heavy atom. The molecule has 98 valence electrons. The fraction of sp³-hybridized carbons (Fsp3) is 0.308. The molecular formula is C13H13N3OS2. The Balaban J connectivity index is 1.82. The Kier molecular flexibility index (Phi) is 3.44. The Morgan fingerprint density at radius 3 is 3.05 bits per heavy atom. The van der Waals surface area contributed by atoms with Gasteiger partial charge in [0.1, 0.15) is 4.64 Å². The molecule has 2 N–H and O–H groups in total. The van der Waals surface area contributed by atoms with Gasteiger partial charge in [-0.15, -0.1) is 11.3 Å². The molecule has 0 radical (unpaired) electrons. The molecule has 1 aliphatic carbocycles. The lowest BCUT2D eigenvalue weighted by Crippen LogP contribution is -2.12. The third-order valence-corrected chi connectivity index (χ3v) is 4.54. The number of H-pyrrole nitrogens is 1. The fourth-order valence-electron chi connectivity index (χ4n) is 2.17. The zero-order valence-electron chi connectivity index (χ0n) is 10.2. The molecule has 0 spiro atoms. The standard InChI is InChI=1S/C13H13N3OS2/c17-11(8-4-3-7-14-12(8)18)16-13-15-9-5-1-2-6-10(9)19-13/h3-4,7H,1-2,5-6H2,(H,14,18)(H,15,16,17). The minimum atomic E-state index is -0.201. The number of carbonyl (C=O) groups is 1. The van der Waals surface area contributed by atoms with Gasteiger partial charge in [0.2, 0.25) is 0 Å². The number of nitrogens with one attached hydrogen (secondary N) is 2. The van der Waals surface area contributed by atoms with Gasteiger partial charge in [0.15, 0.2) is 5.13 Å². The molecule has 1 aliphatic rings. The minimum Gasteiger partial charge on any atom is -0.352 e. The van der Waals surface area contributed by atoms with Crippen LogP contribution in [0.4, 0.5) is 5.13 Å². The van der Waals surface area contributed by atoms with Crippen molar-refractivity contribution in [2.24, 2.45) is 0 Å². The second-order valence-corrected chi connectivity index (χ2v) is 5.95. The number of pyridine rings is 1. The molecule has 2 aromatic heterocycles. The summed E-state index contributed by atoms with van der Waals surface area (Å²) in [7, 11) is 0. The molecule has 19 heavy (non-hydrogen) atoms. The van der Waals surface area contributed by atoms with Gasteiger partial charge < -0.3 is 4.98 Å². The van der Waals surface area contributed by atoms with Crippen LogP contribution >= 0.6 is 23.6 Å². The van der Waals surface area contributed by atoms with E-state index in [1.165, 1.54) is 17.7 Å². The molecule has 0 saturated carbocycles. The van der Waals surface area contributed by atoms with Gasteiger partial charge in [0.05, 0.1) is 11.3 Å². The van der Waals surface area contributed by atoms with Crippen LogP contribution in [0.15, 0.2) is 18.3 Å². The number of rotatable bonds is 2. The Hall–Kier alpha value is -1.53. The average molecular weight is 291 g/mol. The smallest absolute Gasteiger partial charge is 0.260 e. The summed E-state index contributed by atoms with van der Waals surface area (Å²) in [5.41, 5.74) is 1.62. The third kappa shape index (κ3) is 2.59. The van der Waals surface area contributed by atoms with E-state index >= 15 is 0 Å². The lowest BCUT2D eigenvalue weighted by atomic mass is 10.0. The number of anilines is 1. The van der Waals surface area contributed by atoms with Crippen LogP contribution in [0.5, 0.6) is 0 Å². The van der Waals surface area contributed by atoms with Crippen molar-refractivity contribution in [2.75, 3.05) is 5.32 Å². The third-order valence-electron chi connectivity index (χ3n) is 3.13. The minimum absolute atomic E-state index is 0.201. The first kappa shape index (κ1) is 12.5. The van der Waals surface area contributed by atoms with E-state index in [0.717, 1.165) is 18.5 Å². The number of fused-ring (bicyclic) bond motifs is 1. The molecule has 6 heteroatoms. The summed E-state index contributed by atoms with van der Waals surface area (Å²) in [6.45, 7) is 0. The summed E-state index contributed by atoms with van der Waals surface area (Å²) >= 11 is 6.67. The molecule has 3 rings (SSSR count). The largest absolute Gasteiger partial charge is 0.352 e. The number of carbonyl (C=O) groups excluding carboxylic acids is 1. The van der Waals surface area contributed by atoms with Crippen LogP contribution in [0, 0.1) is 4.64 Å². The maximum atomic E-state index is 12.1. The van der Waals surface area contributed by atoms with E-state index in [0.29, 0.717) is 15.3 Å². The molecule has 1 amide bonds. The van der Waals surface area contributed by atoms with Crippen LogP contribution in [-0.4, -0.2) is 15.9 Å². The highest BCUT2D eigenvalue weighted by Gasteiger charge is 2.17. The van der Waals surface area contributed by atoms with Crippen molar-refractivity contribution in [2.45, 2.75) is 25.7 Å². The van der Waals surface area contributed by atoms with Gasteiger partial charge in [-0.3, -0.25) is 10.1 Å². The number of thiazole rings is 1. The predicted molar refractivity (Wildman–Crippen MR) is 78.3 cm³/mol. The van der Waals surface area contributed by atoms with Crippen molar-refractivity contribution < 1.29 is 4.79 Å². The summed E-state index contributed by atoms with van der Waals surface area (Å²) in [5, 5.41) is 3.51. The molecule has 0 bridgehead atoms. The first-order valence-corrected chi connectivity index (χ1v) is 7.44. The van der Waals surface area contributed by atoms with Gasteiger partial charge in [-0.25, -0.2) is 4.98 Å². The zero-order valence-corrected chi connectivity index (χ0v) is 11.9. The van der Waals surface area contributed by atoms with Crippen LogP contribution in [0.3, 0.4) is 0 Å². The quantitative estimate of drug-likeness (QED) is 0.834. The van der Waals surface area contributed by atoms with Crippen LogP contribution in [0.25, 0.3) is 0 Å². The van der Waals surface area contributed by atoms with Crippen molar-refractivity contribution in [1.29, 1.82) is 0 Å². The number of aromatic amines is 1. The van der Waals surface area contributed by atoms with E-state index in [1.807, 2.05) is 0 Å². The molecule has 2 aromatic rings. The van der Waals surface area contributed by atoms with Crippen LogP contribution < -0.4 is 5.32 Å². The topological polar surface area (TPSA) is 57.8 Å². The number of aryl methyl sites for hydroxylation is 2. The van der Waals surface area contributed by atoms with E-state index in [1.54, 1.807) is 29.7 Å². The fourth-order valence-corrected chi connectivity index (χ4v) is 3.44. The molecule has 0 aromatic carbocycles. The van der Waals surface area contributed by atoms with Gasteiger partial charge in [0, 0.05) is 11.1 Å². The molecule has 0 atom stereocenters. The van der Waals surface area contributed by atoms with Gasteiger partial charge >= 0.3 is 0 Å². The summed E-state index contributed by atoms with van der Waals surface area (Å²) in [6, 6.07) is 3.47. The molecule has 0 unspecified atom stereocenters. The maximum absolute atomic E-state index is 12.1. The molecule has 2 heterocycles. The number of nitrogens with zero attached hydrogens (tertiary/aromatic N) is 1. The average Bonchev–Trinajstić information content (AvgIpc) is 2.81. The van der Waals surface area contributed by atoms with Gasteiger partial charge in [-0.1, -0.05) is 12.2 Å². The monoisotopic (exact) mass is 291 g/mol. The number of hydrogen-bond acceptors (Lipinski definition) is 4. The molecule has 0 aliphatic heterocycles. The van der Waals surface area contributed by atoms with Gasteiger partial charge in [-0.05, 0) is 37.8 Å². The number of aromatic nitrogens is 2. The number of amides is 1. The van der Waals surface area contributed by atoms with E-state index < -0.39 is 0 Å². The molecule has 4 nitrogen and oxygen atoms in total. The van der Waals surface area contributed by atoms with E-state index in [9.17, 15) is 4.79 Å². The van der Waals surface area contributed by atoms with Crippen molar-refractivity contribution >= 4 is 34.6 Å². The highest BCUT2D eigenvalue weighted by Crippen LogP contribution is 2.29. The Labute approximate surface area is 119 Å². The van der Waals surface area contributed by atoms with Crippen LogP contribution in [0.2, 0.25) is 0 Å². The predicted octanol–water partition coefficient (Wildman–Crippen LogP) is 3.33. The Bertz CT molecular complexity index is 651. The van der Waals surface area contributed by atoms with E-state index in [-0.39, 0.29) is 5.91 Å².